The summed E-state index contributed by atoms with van der Waals surface area (Å²) in [5.41, 5.74) is 7.29. The predicted molar refractivity (Wildman–Crippen MR) is 73.2 cm³/mol. The number of aromatic amines is 1. The molecule has 0 aliphatic heterocycles. The quantitative estimate of drug-likeness (QED) is 0.684. The molecular weight excluding hydrogens is 260 g/mol. The Labute approximate surface area is 115 Å². The first-order valence-electron chi connectivity index (χ1n) is 6.27. The van der Waals surface area contributed by atoms with Gasteiger partial charge in [-0.25, -0.2) is 0 Å². The van der Waals surface area contributed by atoms with Crippen LogP contribution in [-0.4, -0.2) is 34.7 Å². The van der Waals surface area contributed by atoms with Crippen LogP contribution in [0.1, 0.15) is 12.0 Å². The van der Waals surface area contributed by atoms with Crippen molar-refractivity contribution in [2.75, 3.05) is 6.61 Å². The van der Waals surface area contributed by atoms with Crippen molar-refractivity contribution in [2.24, 2.45) is 5.73 Å². The van der Waals surface area contributed by atoms with Gasteiger partial charge in [-0.05, 0) is 18.1 Å². The van der Waals surface area contributed by atoms with Gasteiger partial charge in [0.2, 0.25) is 0 Å². The highest BCUT2D eigenvalue weighted by atomic mass is 16.5. The molecular formula is C14H16N2O4. The van der Waals surface area contributed by atoms with E-state index in [0.717, 1.165) is 16.5 Å². The van der Waals surface area contributed by atoms with Crippen molar-refractivity contribution >= 4 is 22.8 Å². The Morgan fingerprint density at radius 1 is 1.35 bits per heavy atom. The molecule has 0 aliphatic carbocycles. The molecule has 6 heteroatoms. The zero-order valence-corrected chi connectivity index (χ0v) is 10.8. The van der Waals surface area contributed by atoms with E-state index in [4.69, 9.17) is 15.6 Å². The van der Waals surface area contributed by atoms with E-state index in [9.17, 15) is 9.59 Å². The molecule has 1 atom stereocenters. The third kappa shape index (κ3) is 3.36. The molecule has 0 saturated carbocycles. The zero-order valence-electron chi connectivity index (χ0n) is 10.8. The smallest absolute Gasteiger partial charge is 0.324 e. The second-order valence-corrected chi connectivity index (χ2v) is 4.49. The summed E-state index contributed by atoms with van der Waals surface area (Å²) in [4.78, 5) is 25.1. The number of carboxylic acids is 1. The van der Waals surface area contributed by atoms with Gasteiger partial charge >= 0.3 is 11.9 Å². The van der Waals surface area contributed by atoms with E-state index in [1.807, 2.05) is 30.5 Å². The number of carbonyl (C=O) groups is 2. The molecule has 0 saturated heterocycles. The lowest BCUT2D eigenvalue weighted by atomic mass is 10.1. The van der Waals surface area contributed by atoms with Gasteiger partial charge in [-0.3, -0.25) is 9.59 Å². The fraction of sp³-hybridized carbons (Fsp3) is 0.286. The van der Waals surface area contributed by atoms with Crippen molar-refractivity contribution in [3.8, 4) is 0 Å². The number of carboxylic acid groups (broad SMARTS) is 1. The molecule has 1 heterocycles. The van der Waals surface area contributed by atoms with Crippen LogP contribution in [0, 0.1) is 0 Å². The number of para-hydroxylation sites is 1. The number of ether oxygens (including phenoxy) is 1. The Balaban J connectivity index is 1.86. The topological polar surface area (TPSA) is 105 Å². The van der Waals surface area contributed by atoms with Crippen molar-refractivity contribution in [3.63, 3.8) is 0 Å². The molecule has 0 unspecified atom stereocenters. The number of carbonyl (C=O) groups excluding carboxylic acids is 1. The molecule has 0 amide bonds. The average molecular weight is 276 g/mol. The first-order chi connectivity index (χ1) is 9.58. The van der Waals surface area contributed by atoms with Gasteiger partial charge in [0, 0.05) is 23.5 Å². The maximum atomic E-state index is 11.5. The molecule has 0 bridgehead atoms. The second kappa shape index (κ2) is 6.21. The summed E-state index contributed by atoms with van der Waals surface area (Å²) in [6, 6.07) is 6.64. The number of nitrogens with one attached hydrogen (secondary N) is 1. The van der Waals surface area contributed by atoms with Gasteiger partial charge < -0.3 is 20.6 Å². The van der Waals surface area contributed by atoms with Crippen LogP contribution in [-0.2, 0) is 20.7 Å². The SMILES string of the molecule is N[C@@H](COC(=O)CCc1c[nH]c2ccccc12)C(=O)O. The lowest BCUT2D eigenvalue weighted by molar-refractivity contribution is -0.147. The first-order valence-corrected chi connectivity index (χ1v) is 6.27. The van der Waals surface area contributed by atoms with E-state index in [0.29, 0.717) is 6.42 Å². The van der Waals surface area contributed by atoms with Crippen molar-refractivity contribution in [1.82, 2.24) is 4.98 Å². The number of hydrogen-bond acceptors (Lipinski definition) is 4. The highest BCUT2D eigenvalue weighted by Gasteiger charge is 2.14. The van der Waals surface area contributed by atoms with Crippen molar-refractivity contribution < 1.29 is 19.4 Å². The average Bonchev–Trinajstić information content (AvgIpc) is 2.85. The molecule has 0 aliphatic rings. The Hall–Kier alpha value is -2.34. The van der Waals surface area contributed by atoms with Crippen LogP contribution in [0.2, 0.25) is 0 Å². The summed E-state index contributed by atoms with van der Waals surface area (Å²) in [6.45, 7) is -0.304. The van der Waals surface area contributed by atoms with Crippen LogP contribution < -0.4 is 5.73 Å². The maximum absolute atomic E-state index is 11.5. The fourth-order valence-corrected chi connectivity index (χ4v) is 1.90. The van der Waals surface area contributed by atoms with Crippen LogP contribution in [0.5, 0.6) is 0 Å². The van der Waals surface area contributed by atoms with Gasteiger partial charge in [0.25, 0.3) is 0 Å². The summed E-state index contributed by atoms with van der Waals surface area (Å²) in [6.07, 6.45) is 2.58. The predicted octanol–water partition coefficient (Wildman–Crippen LogP) is 1.06. The number of fused-ring (bicyclic) bond motifs is 1. The summed E-state index contributed by atoms with van der Waals surface area (Å²) in [7, 11) is 0. The molecule has 0 fully saturated rings. The monoisotopic (exact) mass is 276 g/mol. The Bertz CT molecular complexity index is 620. The minimum atomic E-state index is -1.19. The van der Waals surface area contributed by atoms with E-state index in [2.05, 4.69) is 4.98 Å². The van der Waals surface area contributed by atoms with Crippen molar-refractivity contribution in [3.05, 3.63) is 36.0 Å². The number of esters is 1. The van der Waals surface area contributed by atoms with Gasteiger partial charge in [0.15, 0.2) is 0 Å². The minimum absolute atomic E-state index is 0.189. The molecule has 0 radical (unpaired) electrons. The number of benzene rings is 1. The van der Waals surface area contributed by atoms with Gasteiger partial charge in [0.1, 0.15) is 12.6 Å². The van der Waals surface area contributed by atoms with E-state index in [-0.39, 0.29) is 13.0 Å². The normalized spacial score (nSPS) is 12.2. The molecule has 6 nitrogen and oxygen atoms in total. The van der Waals surface area contributed by atoms with Gasteiger partial charge in [-0.15, -0.1) is 0 Å². The summed E-state index contributed by atoms with van der Waals surface area (Å²) >= 11 is 0. The Morgan fingerprint density at radius 3 is 2.85 bits per heavy atom. The molecule has 106 valence electrons. The lowest BCUT2D eigenvalue weighted by Gasteiger charge is -2.07. The van der Waals surface area contributed by atoms with Crippen LogP contribution in [0.15, 0.2) is 30.5 Å². The summed E-state index contributed by atoms with van der Waals surface area (Å²) in [5.74, 6) is -1.64. The van der Waals surface area contributed by atoms with Gasteiger partial charge in [-0.2, -0.15) is 0 Å². The molecule has 4 N–H and O–H groups in total. The van der Waals surface area contributed by atoms with Crippen LogP contribution in [0.4, 0.5) is 0 Å². The number of nitrogens with two attached hydrogens (primary N) is 1. The fourth-order valence-electron chi connectivity index (χ4n) is 1.90. The first kappa shape index (κ1) is 14.1. The number of aryl methyl sites for hydroxylation is 1. The lowest BCUT2D eigenvalue weighted by Crippen LogP contribution is -2.35. The zero-order chi connectivity index (χ0) is 14.5. The van der Waals surface area contributed by atoms with Gasteiger partial charge in [-0.1, -0.05) is 18.2 Å². The highest BCUT2D eigenvalue weighted by Crippen LogP contribution is 2.19. The Kier molecular flexibility index (Phi) is 4.37. The second-order valence-electron chi connectivity index (χ2n) is 4.49. The van der Waals surface area contributed by atoms with Crippen LogP contribution >= 0.6 is 0 Å². The Morgan fingerprint density at radius 2 is 2.10 bits per heavy atom. The minimum Gasteiger partial charge on any atom is -0.480 e. The van der Waals surface area contributed by atoms with Crippen LogP contribution in [0.25, 0.3) is 10.9 Å². The van der Waals surface area contributed by atoms with Crippen molar-refractivity contribution in [2.45, 2.75) is 18.9 Å². The standard InChI is InChI=1S/C14H16N2O4/c15-11(14(18)19)8-20-13(17)6-5-9-7-16-12-4-2-1-3-10(9)12/h1-4,7,11,16H,5-6,8,15H2,(H,18,19)/t11-/m0/s1. The number of aromatic nitrogens is 1. The number of hydrogen-bond donors (Lipinski definition) is 3. The third-order valence-corrected chi connectivity index (χ3v) is 3.01. The molecule has 1 aromatic carbocycles. The van der Waals surface area contributed by atoms with E-state index in [1.165, 1.54) is 0 Å². The highest BCUT2D eigenvalue weighted by molar-refractivity contribution is 5.83. The molecule has 2 aromatic rings. The third-order valence-electron chi connectivity index (χ3n) is 3.01. The van der Waals surface area contributed by atoms with E-state index < -0.39 is 18.0 Å². The summed E-state index contributed by atoms with van der Waals surface area (Å²) in [5, 5.41) is 9.64. The maximum Gasteiger partial charge on any atom is 0.324 e. The molecule has 1 aromatic heterocycles. The largest absolute Gasteiger partial charge is 0.480 e. The van der Waals surface area contributed by atoms with E-state index >= 15 is 0 Å². The van der Waals surface area contributed by atoms with Crippen LogP contribution in [0.3, 0.4) is 0 Å². The number of rotatable bonds is 6. The molecule has 0 spiro atoms. The molecule has 20 heavy (non-hydrogen) atoms. The van der Waals surface area contributed by atoms with Gasteiger partial charge in [0.05, 0.1) is 0 Å². The van der Waals surface area contributed by atoms with E-state index in [1.54, 1.807) is 0 Å². The molecule has 2 rings (SSSR count). The number of H-pyrrole nitrogens is 1. The summed E-state index contributed by atoms with van der Waals surface area (Å²) < 4.78 is 4.82. The van der Waals surface area contributed by atoms with Crippen molar-refractivity contribution in [1.29, 1.82) is 0 Å². The number of aliphatic carboxylic acids is 1.